The number of nitrogens with zero attached hydrogens (tertiary/aromatic N) is 3. The van der Waals surface area contributed by atoms with Crippen LogP contribution in [0.25, 0.3) is 5.65 Å². The molecule has 15 heavy (non-hydrogen) atoms. The Labute approximate surface area is 85.4 Å². The number of carbonyl (C=O) groups is 1. The van der Waals surface area contributed by atoms with Gasteiger partial charge < -0.3 is 9.47 Å². The second kappa shape index (κ2) is 3.56. The van der Waals surface area contributed by atoms with Crippen molar-refractivity contribution in [1.82, 2.24) is 14.6 Å². The lowest BCUT2D eigenvalue weighted by Crippen LogP contribution is -2.09. The van der Waals surface area contributed by atoms with E-state index in [9.17, 15) is 4.79 Å². The van der Waals surface area contributed by atoms with Gasteiger partial charge >= 0.3 is 5.97 Å². The van der Waals surface area contributed by atoms with Crippen LogP contribution >= 0.6 is 0 Å². The molecule has 0 aliphatic heterocycles. The van der Waals surface area contributed by atoms with Crippen molar-refractivity contribution in [3.05, 3.63) is 24.2 Å². The number of ether oxygens (including phenoxy) is 2. The van der Waals surface area contributed by atoms with E-state index in [0.717, 1.165) is 0 Å². The topological polar surface area (TPSA) is 65.7 Å². The third-order valence-electron chi connectivity index (χ3n) is 1.95. The van der Waals surface area contributed by atoms with Crippen molar-refractivity contribution in [3.8, 4) is 5.75 Å². The van der Waals surface area contributed by atoms with Crippen molar-refractivity contribution in [2.75, 3.05) is 14.2 Å². The summed E-state index contributed by atoms with van der Waals surface area (Å²) >= 11 is 0. The van der Waals surface area contributed by atoms with Gasteiger partial charge in [-0.2, -0.15) is 5.10 Å². The molecule has 0 radical (unpaired) electrons. The number of imidazole rings is 1. The number of aromatic nitrogens is 3. The van der Waals surface area contributed by atoms with Gasteiger partial charge in [-0.25, -0.2) is 14.3 Å². The minimum absolute atomic E-state index is 0.130. The van der Waals surface area contributed by atoms with Crippen LogP contribution in [-0.4, -0.2) is 34.8 Å². The number of fused-ring (bicyclic) bond motifs is 1. The Hall–Kier alpha value is -2.11. The first-order valence-corrected chi connectivity index (χ1v) is 4.23. The predicted octanol–water partition coefficient (Wildman–Crippen LogP) is 0.524. The van der Waals surface area contributed by atoms with E-state index in [2.05, 4.69) is 14.8 Å². The van der Waals surface area contributed by atoms with E-state index < -0.39 is 5.97 Å². The van der Waals surface area contributed by atoms with Gasteiger partial charge in [0.1, 0.15) is 0 Å². The number of hydrogen-bond acceptors (Lipinski definition) is 5. The van der Waals surface area contributed by atoms with Crippen LogP contribution in [0.3, 0.4) is 0 Å². The van der Waals surface area contributed by atoms with Crippen molar-refractivity contribution in [1.29, 1.82) is 0 Å². The SMILES string of the molecule is COC(=O)c1nn2ccnc2cc1OC. The van der Waals surface area contributed by atoms with Gasteiger partial charge in [0.2, 0.25) is 5.69 Å². The summed E-state index contributed by atoms with van der Waals surface area (Å²) in [5.74, 6) is -0.192. The molecule has 6 nitrogen and oxygen atoms in total. The van der Waals surface area contributed by atoms with Gasteiger partial charge in [0.05, 0.1) is 14.2 Å². The average molecular weight is 207 g/mol. The molecule has 0 spiro atoms. The van der Waals surface area contributed by atoms with E-state index >= 15 is 0 Å². The van der Waals surface area contributed by atoms with Crippen LogP contribution in [0.5, 0.6) is 5.75 Å². The number of rotatable bonds is 2. The summed E-state index contributed by atoms with van der Waals surface area (Å²) in [5.41, 5.74) is 0.741. The Morgan fingerprint density at radius 2 is 2.27 bits per heavy atom. The summed E-state index contributed by atoms with van der Waals surface area (Å²) in [5, 5.41) is 4.03. The van der Waals surface area contributed by atoms with Crippen LogP contribution in [0.15, 0.2) is 18.5 Å². The van der Waals surface area contributed by atoms with Crippen LogP contribution in [-0.2, 0) is 4.74 Å². The summed E-state index contributed by atoms with van der Waals surface area (Å²) < 4.78 is 11.1. The standard InChI is InChI=1S/C9H9N3O3/c1-14-6-5-7-10-3-4-12(7)11-8(6)9(13)15-2/h3-5H,1-2H3. The Morgan fingerprint density at radius 3 is 2.93 bits per heavy atom. The molecule has 0 aliphatic rings. The molecule has 0 saturated heterocycles. The van der Waals surface area contributed by atoms with Crippen molar-refractivity contribution in [3.63, 3.8) is 0 Å². The first kappa shape index (κ1) is 9.45. The van der Waals surface area contributed by atoms with E-state index in [-0.39, 0.29) is 5.69 Å². The molecule has 0 unspecified atom stereocenters. The second-order valence-corrected chi connectivity index (χ2v) is 2.78. The molecule has 6 heteroatoms. The Kier molecular flexibility index (Phi) is 2.24. The minimum atomic E-state index is -0.539. The highest BCUT2D eigenvalue weighted by Gasteiger charge is 2.16. The molecule has 0 aromatic carbocycles. The fourth-order valence-electron chi connectivity index (χ4n) is 1.23. The highest BCUT2D eigenvalue weighted by Crippen LogP contribution is 2.17. The first-order chi connectivity index (χ1) is 7.26. The molecule has 0 fully saturated rings. The second-order valence-electron chi connectivity index (χ2n) is 2.78. The Bertz CT molecular complexity index is 506. The zero-order valence-electron chi connectivity index (χ0n) is 8.30. The molecule has 2 heterocycles. The van der Waals surface area contributed by atoms with Crippen molar-refractivity contribution < 1.29 is 14.3 Å². The molecular formula is C9H9N3O3. The third kappa shape index (κ3) is 1.50. The van der Waals surface area contributed by atoms with E-state index in [1.54, 1.807) is 18.5 Å². The number of hydrogen-bond donors (Lipinski definition) is 0. The smallest absolute Gasteiger partial charge is 0.362 e. The molecule has 0 saturated carbocycles. The van der Waals surface area contributed by atoms with Crippen LogP contribution in [0.1, 0.15) is 10.5 Å². The molecule has 78 valence electrons. The van der Waals surface area contributed by atoms with Gasteiger partial charge in [-0.3, -0.25) is 0 Å². The monoisotopic (exact) mass is 207 g/mol. The molecule has 2 aromatic heterocycles. The average Bonchev–Trinajstić information content (AvgIpc) is 2.73. The molecular weight excluding hydrogens is 198 g/mol. The summed E-state index contributed by atoms with van der Waals surface area (Å²) in [6.07, 6.45) is 3.23. The lowest BCUT2D eigenvalue weighted by molar-refractivity contribution is 0.0588. The van der Waals surface area contributed by atoms with Gasteiger partial charge in [-0.05, 0) is 0 Å². The molecule has 0 amide bonds. The highest BCUT2D eigenvalue weighted by molar-refractivity contribution is 5.90. The summed E-state index contributed by atoms with van der Waals surface area (Å²) in [4.78, 5) is 15.4. The number of methoxy groups -OCH3 is 2. The summed E-state index contributed by atoms with van der Waals surface area (Å²) in [6, 6.07) is 1.62. The highest BCUT2D eigenvalue weighted by atomic mass is 16.5. The number of carbonyl (C=O) groups excluding carboxylic acids is 1. The summed E-state index contributed by atoms with van der Waals surface area (Å²) in [7, 11) is 2.75. The summed E-state index contributed by atoms with van der Waals surface area (Å²) in [6.45, 7) is 0. The van der Waals surface area contributed by atoms with Gasteiger partial charge in [0.15, 0.2) is 11.4 Å². The third-order valence-corrected chi connectivity index (χ3v) is 1.95. The maximum atomic E-state index is 11.4. The van der Waals surface area contributed by atoms with E-state index in [1.165, 1.54) is 18.7 Å². The van der Waals surface area contributed by atoms with Crippen LogP contribution in [0, 0.1) is 0 Å². The van der Waals surface area contributed by atoms with E-state index in [4.69, 9.17) is 4.74 Å². The lowest BCUT2D eigenvalue weighted by Gasteiger charge is -2.05. The van der Waals surface area contributed by atoms with Crippen molar-refractivity contribution in [2.45, 2.75) is 0 Å². The first-order valence-electron chi connectivity index (χ1n) is 4.23. The Morgan fingerprint density at radius 1 is 1.47 bits per heavy atom. The van der Waals surface area contributed by atoms with Gasteiger partial charge in [-0.15, -0.1) is 0 Å². The fourth-order valence-corrected chi connectivity index (χ4v) is 1.23. The van der Waals surface area contributed by atoms with Crippen LogP contribution in [0.4, 0.5) is 0 Å². The van der Waals surface area contributed by atoms with E-state index in [1.807, 2.05) is 0 Å². The molecule has 0 bridgehead atoms. The fraction of sp³-hybridized carbons (Fsp3) is 0.222. The zero-order valence-corrected chi connectivity index (χ0v) is 8.30. The van der Waals surface area contributed by atoms with E-state index in [0.29, 0.717) is 11.4 Å². The Balaban J connectivity index is 2.64. The predicted molar refractivity (Wildman–Crippen MR) is 50.9 cm³/mol. The lowest BCUT2D eigenvalue weighted by atomic mass is 10.3. The molecule has 2 rings (SSSR count). The molecule has 0 atom stereocenters. The van der Waals surface area contributed by atoms with Crippen molar-refractivity contribution in [2.24, 2.45) is 0 Å². The molecule has 0 aliphatic carbocycles. The molecule has 2 aromatic rings. The van der Waals surface area contributed by atoms with Crippen LogP contribution in [0.2, 0.25) is 0 Å². The minimum Gasteiger partial charge on any atom is -0.494 e. The normalized spacial score (nSPS) is 10.3. The van der Waals surface area contributed by atoms with Crippen LogP contribution < -0.4 is 4.74 Å². The van der Waals surface area contributed by atoms with Gasteiger partial charge in [0, 0.05) is 18.5 Å². The maximum Gasteiger partial charge on any atom is 0.362 e. The molecule has 0 N–H and O–H groups in total. The van der Waals surface area contributed by atoms with Gasteiger partial charge in [-0.1, -0.05) is 0 Å². The maximum absolute atomic E-state index is 11.4. The largest absolute Gasteiger partial charge is 0.494 e. The quantitative estimate of drug-likeness (QED) is 0.672. The van der Waals surface area contributed by atoms with Crippen molar-refractivity contribution >= 4 is 11.6 Å². The number of esters is 1. The zero-order chi connectivity index (χ0) is 10.8. The van der Waals surface area contributed by atoms with Gasteiger partial charge in [0.25, 0.3) is 0 Å².